The van der Waals surface area contributed by atoms with Gasteiger partial charge in [-0.1, -0.05) is 12.5 Å². The molecule has 0 spiro atoms. The second kappa shape index (κ2) is 5.92. The number of aromatic nitrogens is 4. The number of fused-ring (bicyclic) bond motifs is 4. The van der Waals surface area contributed by atoms with Gasteiger partial charge < -0.3 is 9.55 Å². The summed E-state index contributed by atoms with van der Waals surface area (Å²) in [6.07, 6.45) is 7.15. The first-order chi connectivity index (χ1) is 13.3. The third kappa shape index (κ3) is 2.49. The minimum atomic E-state index is 0.821. The second-order valence-corrected chi connectivity index (χ2v) is 7.86. The minimum Gasteiger partial charge on any atom is -0.360 e. The van der Waals surface area contributed by atoms with Gasteiger partial charge in [-0.2, -0.15) is 0 Å². The van der Waals surface area contributed by atoms with Gasteiger partial charge in [0.2, 0.25) is 0 Å². The lowest BCUT2D eigenvalue weighted by Crippen LogP contribution is -2.41. The number of nitrogens with one attached hydrogen (secondary N) is 1. The van der Waals surface area contributed by atoms with Crippen molar-refractivity contribution in [1.82, 2.24) is 24.4 Å². The van der Waals surface area contributed by atoms with Gasteiger partial charge in [-0.25, -0.2) is 9.97 Å². The van der Waals surface area contributed by atoms with Crippen LogP contribution >= 0.6 is 0 Å². The first kappa shape index (κ1) is 15.4. The average molecular weight is 357 g/mol. The van der Waals surface area contributed by atoms with Crippen molar-refractivity contribution in [1.29, 1.82) is 0 Å². The van der Waals surface area contributed by atoms with Crippen LogP contribution in [-0.2, 0) is 13.0 Å². The van der Waals surface area contributed by atoms with Crippen molar-refractivity contribution in [3.63, 3.8) is 0 Å². The molecule has 5 nitrogen and oxygen atoms in total. The molecule has 4 aromatic rings. The van der Waals surface area contributed by atoms with Crippen molar-refractivity contribution in [3.8, 4) is 11.3 Å². The Morgan fingerprint density at radius 1 is 0.926 bits per heavy atom. The van der Waals surface area contributed by atoms with Crippen molar-refractivity contribution in [2.75, 3.05) is 13.1 Å². The number of aromatic amines is 1. The van der Waals surface area contributed by atoms with Gasteiger partial charge in [-0.15, -0.1) is 0 Å². The van der Waals surface area contributed by atoms with Gasteiger partial charge in [-0.05, 0) is 43.2 Å². The number of hydrogen-bond donors (Lipinski definition) is 1. The summed E-state index contributed by atoms with van der Waals surface area (Å²) in [5.74, 6) is 1.23. The van der Waals surface area contributed by atoms with Crippen LogP contribution in [0, 0.1) is 0 Å². The van der Waals surface area contributed by atoms with Crippen LogP contribution in [0.2, 0.25) is 0 Å². The van der Waals surface area contributed by atoms with E-state index in [9.17, 15) is 0 Å². The van der Waals surface area contributed by atoms with Crippen LogP contribution in [0.3, 0.4) is 0 Å². The molecule has 0 unspecified atom stereocenters. The van der Waals surface area contributed by atoms with E-state index >= 15 is 0 Å². The quantitative estimate of drug-likeness (QED) is 0.590. The predicted molar refractivity (Wildman–Crippen MR) is 108 cm³/mol. The zero-order chi connectivity index (χ0) is 17.8. The third-order valence-corrected chi connectivity index (χ3v) is 6.35. The Labute approximate surface area is 158 Å². The van der Waals surface area contributed by atoms with Gasteiger partial charge >= 0.3 is 0 Å². The standard InChI is InChI=1S/C22H23N5/c1-2-16(3-1)26-11-9-22-25-20-14-15(4-7-21(20)27(22)13-12-26)17-5-6-18-19(24-17)8-10-23-18/h4-8,10,14,16,23H,1-3,9,11-13H2. The molecule has 1 aromatic carbocycles. The first-order valence-electron chi connectivity index (χ1n) is 10.0. The fourth-order valence-electron chi connectivity index (χ4n) is 4.58. The number of nitrogens with zero attached hydrogens (tertiary/aromatic N) is 4. The fraction of sp³-hybridized carbons (Fsp3) is 0.364. The van der Waals surface area contributed by atoms with Crippen LogP contribution in [0.5, 0.6) is 0 Å². The molecule has 1 fully saturated rings. The van der Waals surface area contributed by atoms with Gasteiger partial charge in [-0.3, -0.25) is 4.90 Å². The molecule has 4 heterocycles. The van der Waals surface area contributed by atoms with Crippen LogP contribution in [0.4, 0.5) is 0 Å². The molecule has 0 radical (unpaired) electrons. The lowest BCUT2D eigenvalue weighted by atomic mass is 9.91. The van der Waals surface area contributed by atoms with Crippen molar-refractivity contribution in [2.45, 2.75) is 38.3 Å². The average Bonchev–Trinajstić information content (AvgIpc) is 3.20. The van der Waals surface area contributed by atoms with E-state index in [0.29, 0.717) is 0 Å². The first-order valence-corrected chi connectivity index (χ1v) is 10.0. The molecule has 6 rings (SSSR count). The summed E-state index contributed by atoms with van der Waals surface area (Å²) in [6, 6.07) is 13.6. The van der Waals surface area contributed by atoms with Crippen molar-refractivity contribution >= 4 is 22.1 Å². The highest BCUT2D eigenvalue weighted by Crippen LogP contribution is 2.29. The van der Waals surface area contributed by atoms with E-state index in [1.54, 1.807) is 0 Å². The summed E-state index contributed by atoms with van der Waals surface area (Å²) in [5.41, 5.74) is 6.56. The third-order valence-electron chi connectivity index (χ3n) is 6.35. The lowest BCUT2D eigenvalue weighted by molar-refractivity contribution is 0.130. The maximum atomic E-state index is 4.99. The van der Waals surface area contributed by atoms with E-state index in [0.717, 1.165) is 59.9 Å². The van der Waals surface area contributed by atoms with E-state index in [4.69, 9.17) is 9.97 Å². The molecule has 27 heavy (non-hydrogen) atoms. The summed E-state index contributed by atoms with van der Waals surface area (Å²) in [5, 5.41) is 0. The molecular weight excluding hydrogens is 334 g/mol. The Kier molecular flexibility index (Phi) is 3.38. The van der Waals surface area contributed by atoms with Crippen molar-refractivity contribution < 1.29 is 0 Å². The van der Waals surface area contributed by atoms with Crippen molar-refractivity contribution in [3.05, 3.63) is 48.4 Å². The molecule has 1 aliphatic carbocycles. The highest BCUT2D eigenvalue weighted by molar-refractivity contribution is 5.84. The van der Waals surface area contributed by atoms with E-state index in [2.05, 4.69) is 44.8 Å². The zero-order valence-electron chi connectivity index (χ0n) is 15.4. The van der Waals surface area contributed by atoms with E-state index < -0.39 is 0 Å². The highest BCUT2D eigenvalue weighted by Gasteiger charge is 2.27. The SMILES string of the molecule is c1cc2nc(-c3ccc4c(c3)nc3n4CCN(C4CCC4)CC3)ccc2[nH]1. The molecule has 0 atom stereocenters. The molecule has 0 bridgehead atoms. The van der Waals surface area contributed by atoms with Crippen LogP contribution < -0.4 is 0 Å². The van der Waals surface area contributed by atoms with Gasteiger partial charge in [0.05, 0.1) is 27.8 Å². The number of hydrogen-bond acceptors (Lipinski definition) is 3. The maximum Gasteiger partial charge on any atom is 0.111 e. The Morgan fingerprint density at radius 2 is 1.89 bits per heavy atom. The predicted octanol–water partition coefficient (Wildman–Crippen LogP) is 3.99. The molecule has 2 aliphatic rings. The van der Waals surface area contributed by atoms with E-state index in [-0.39, 0.29) is 0 Å². The van der Waals surface area contributed by atoms with Gasteiger partial charge in [0, 0.05) is 43.9 Å². The van der Waals surface area contributed by atoms with E-state index in [1.807, 2.05) is 12.3 Å². The zero-order valence-corrected chi connectivity index (χ0v) is 15.4. The van der Waals surface area contributed by atoms with Crippen LogP contribution in [0.25, 0.3) is 33.3 Å². The van der Waals surface area contributed by atoms with Gasteiger partial charge in [0.25, 0.3) is 0 Å². The Balaban J connectivity index is 1.35. The van der Waals surface area contributed by atoms with Gasteiger partial charge in [0.1, 0.15) is 5.82 Å². The highest BCUT2D eigenvalue weighted by atomic mass is 15.2. The summed E-state index contributed by atoms with van der Waals surface area (Å²) in [7, 11) is 0. The number of pyridine rings is 1. The number of H-pyrrole nitrogens is 1. The smallest absolute Gasteiger partial charge is 0.111 e. The normalized spacial score (nSPS) is 18.5. The molecule has 0 amide bonds. The summed E-state index contributed by atoms with van der Waals surface area (Å²) in [6.45, 7) is 3.35. The molecule has 136 valence electrons. The number of benzene rings is 1. The van der Waals surface area contributed by atoms with E-state index in [1.165, 1.54) is 30.6 Å². The second-order valence-electron chi connectivity index (χ2n) is 7.86. The summed E-state index contributed by atoms with van der Waals surface area (Å²) >= 11 is 0. The van der Waals surface area contributed by atoms with Crippen molar-refractivity contribution in [2.24, 2.45) is 0 Å². The summed E-state index contributed by atoms with van der Waals surface area (Å²) < 4.78 is 2.43. The monoisotopic (exact) mass is 357 g/mol. The molecule has 3 aromatic heterocycles. The topological polar surface area (TPSA) is 49.7 Å². The van der Waals surface area contributed by atoms with Crippen LogP contribution in [-0.4, -0.2) is 43.6 Å². The molecule has 0 saturated heterocycles. The number of imidazole rings is 1. The largest absolute Gasteiger partial charge is 0.360 e. The molecule has 5 heteroatoms. The summed E-state index contributed by atoms with van der Waals surface area (Å²) in [4.78, 5) is 15.7. The van der Waals surface area contributed by atoms with Crippen LogP contribution in [0.15, 0.2) is 42.6 Å². The van der Waals surface area contributed by atoms with Crippen LogP contribution in [0.1, 0.15) is 25.1 Å². The maximum absolute atomic E-state index is 4.99. The molecule has 1 N–H and O–H groups in total. The fourth-order valence-corrected chi connectivity index (χ4v) is 4.58. The Bertz CT molecular complexity index is 1130. The molecular formula is C22H23N5. The van der Waals surface area contributed by atoms with Gasteiger partial charge in [0.15, 0.2) is 0 Å². The Morgan fingerprint density at radius 3 is 2.78 bits per heavy atom. The minimum absolute atomic E-state index is 0.821. The molecule has 1 aliphatic heterocycles. The number of rotatable bonds is 2. The molecule has 1 saturated carbocycles. The Hall–Kier alpha value is -2.66. The lowest BCUT2D eigenvalue weighted by Gasteiger charge is -2.36.